The van der Waals surface area contributed by atoms with Crippen LogP contribution in [0.1, 0.15) is 12.8 Å². The Morgan fingerprint density at radius 3 is 2.67 bits per heavy atom. The van der Waals surface area contributed by atoms with Crippen LogP contribution in [0.4, 0.5) is 4.79 Å². The Labute approximate surface area is 88.5 Å². The van der Waals surface area contributed by atoms with Crippen LogP contribution >= 0.6 is 0 Å². The van der Waals surface area contributed by atoms with Gasteiger partial charge < -0.3 is 9.84 Å². The number of nitrogens with two attached hydrogens (primary N) is 1. The SMILES string of the molecule is NN1CC(CN2CCC(O)CC2)OC1=O. The summed E-state index contributed by atoms with van der Waals surface area (Å²) in [6.07, 6.45) is 0.855. The predicted molar refractivity (Wildman–Crippen MR) is 52.8 cm³/mol. The van der Waals surface area contributed by atoms with Gasteiger partial charge in [-0.1, -0.05) is 0 Å². The van der Waals surface area contributed by atoms with Crippen LogP contribution in [0.3, 0.4) is 0 Å². The minimum Gasteiger partial charge on any atom is -0.442 e. The van der Waals surface area contributed by atoms with Crippen LogP contribution in [0.15, 0.2) is 0 Å². The first-order chi connectivity index (χ1) is 7.15. The monoisotopic (exact) mass is 215 g/mol. The Balaban J connectivity index is 1.76. The highest BCUT2D eigenvalue weighted by atomic mass is 16.6. The third-order valence-corrected chi connectivity index (χ3v) is 2.92. The highest BCUT2D eigenvalue weighted by Crippen LogP contribution is 2.14. The lowest BCUT2D eigenvalue weighted by molar-refractivity contribution is 0.0552. The van der Waals surface area contributed by atoms with Crippen LogP contribution in [-0.2, 0) is 4.74 Å². The maximum absolute atomic E-state index is 11.0. The highest BCUT2D eigenvalue weighted by molar-refractivity contribution is 5.69. The maximum atomic E-state index is 11.0. The Kier molecular flexibility index (Phi) is 3.08. The molecular weight excluding hydrogens is 198 g/mol. The van der Waals surface area contributed by atoms with Gasteiger partial charge in [0.15, 0.2) is 0 Å². The van der Waals surface area contributed by atoms with E-state index in [1.165, 1.54) is 0 Å². The lowest BCUT2D eigenvalue weighted by Gasteiger charge is -2.30. The van der Waals surface area contributed by atoms with Gasteiger partial charge in [-0.2, -0.15) is 0 Å². The summed E-state index contributed by atoms with van der Waals surface area (Å²) >= 11 is 0. The number of piperidine rings is 1. The lowest BCUT2D eigenvalue weighted by Crippen LogP contribution is -2.41. The van der Waals surface area contributed by atoms with Gasteiger partial charge in [0.2, 0.25) is 0 Å². The summed E-state index contributed by atoms with van der Waals surface area (Å²) in [5, 5.41) is 10.4. The number of cyclic esters (lactones) is 1. The van der Waals surface area contributed by atoms with Crippen molar-refractivity contribution in [2.24, 2.45) is 5.84 Å². The molecule has 0 bridgehead atoms. The first-order valence-electron chi connectivity index (χ1n) is 5.28. The summed E-state index contributed by atoms with van der Waals surface area (Å²) in [5.41, 5.74) is 0. The zero-order chi connectivity index (χ0) is 10.8. The molecule has 2 aliphatic rings. The summed E-state index contributed by atoms with van der Waals surface area (Å²) in [6.45, 7) is 2.89. The molecule has 6 nitrogen and oxygen atoms in total. The van der Waals surface area contributed by atoms with Gasteiger partial charge in [-0.05, 0) is 12.8 Å². The topological polar surface area (TPSA) is 79.0 Å². The van der Waals surface area contributed by atoms with Gasteiger partial charge in [-0.15, -0.1) is 0 Å². The number of nitrogens with zero attached hydrogens (tertiary/aromatic N) is 2. The summed E-state index contributed by atoms with van der Waals surface area (Å²) in [4.78, 5) is 13.2. The van der Waals surface area contributed by atoms with E-state index >= 15 is 0 Å². The molecule has 2 saturated heterocycles. The molecule has 0 spiro atoms. The fourth-order valence-corrected chi connectivity index (χ4v) is 2.03. The molecule has 2 fully saturated rings. The fraction of sp³-hybridized carbons (Fsp3) is 0.889. The number of carbonyl (C=O) groups is 1. The smallest absolute Gasteiger partial charge is 0.424 e. The number of hydrogen-bond acceptors (Lipinski definition) is 5. The van der Waals surface area contributed by atoms with E-state index < -0.39 is 6.09 Å². The number of amides is 1. The van der Waals surface area contributed by atoms with E-state index in [0.717, 1.165) is 30.9 Å². The van der Waals surface area contributed by atoms with Crippen LogP contribution in [0.5, 0.6) is 0 Å². The quantitative estimate of drug-likeness (QED) is 0.463. The van der Waals surface area contributed by atoms with Crippen molar-refractivity contribution in [3.8, 4) is 0 Å². The Morgan fingerprint density at radius 1 is 1.47 bits per heavy atom. The average molecular weight is 215 g/mol. The van der Waals surface area contributed by atoms with E-state index in [4.69, 9.17) is 10.6 Å². The molecule has 0 aromatic carbocycles. The van der Waals surface area contributed by atoms with Gasteiger partial charge in [-0.3, -0.25) is 4.90 Å². The van der Waals surface area contributed by atoms with Gasteiger partial charge in [0.25, 0.3) is 0 Å². The molecule has 1 amide bonds. The average Bonchev–Trinajstić information content (AvgIpc) is 2.50. The van der Waals surface area contributed by atoms with Crippen molar-refractivity contribution in [2.45, 2.75) is 25.0 Å². The number of ether oxygens (including phenoxy) is 1. The van der Waals surface area contributed by atoms with Crippen molar-refractivity contribution in [2.75, 3.05) is 26.2 Å². The number of hydrogen-bond donors (Lipinski definition) is 2. The highest BCUT2D eigenvalue weighted by Gasteiger charge is 2.31. The predicted octanol–water partition coefficient (Wildman–Crippen LogP) is -0.862. The third-order valence-electron chi connectivity index (χ3n) is 2.92. The molecule has 0 aromatic rings. The second-order valence-corrected chi connectivity index (χ2v) is 4.19. The van der Waals surface area contributed by atoms with Gasteiger partial charge in [0.1, 0.15) is 6.10 Å². The molecule has 2 heterocycles. The summed E-state index contributed by atoms with van der Waals surface area (Å²) in [7, 11) is 0. The standard InChI is InChI=1S/C9H17N3O3/c10-12-6-8(15-9(12)14)5-11-3-1-7(13)2-4-11/h7-8,13H,1-6,10H2. The molecule has 0 saturated carbocycles. The van der Waals surface area contributed by atoms with Crippen molar-refractivity contribution in [1.82, 2.24) is 9.91 Å². The van der Waals surface area contributed by atoms with Crippen molar-refractivity contribution in [3.05, 3.63) is 0 Å². The molecule has 15 heavy (non-hydrogen) atoms. The van der Waals surface area contributed by atoms with E-state index in [9.17, 15) is 9.90 Å². The molecule has 2 aliphatic heterocycles. The minimum atomic E-state index is -0.447. The second kappa shape index (κ2) is 4.34. The molecule has 1 atom stereocenters. The number of carbonyl (C=O) groups excluding carboxylic acids is 1. The summed E-state index contributed by atoms with van der Waals surface area (Å²) in [6, 6.07) is 0. The maximum Gasteiger partial charge on any atom is 0.424 e. The van der Waals surface area contributed by atoms with Crippen molar-refractivity contribution in [1.29, 1.82) is 0 Å². The van der Waals surface area contributed by atoms with Crippen molar-refractivity contribution in [3.63, 3.8) is 0 Å². The molecule has 6 heteroatoms. The summed E-state index contributed by atoms with van der Waals surface area (Å²) < 4.78 is 5.06. The first kappa shape index (κ1) is 10.7. The number of hydrazine groups is 1. The minimum absolute atomic E-state index is 0.127. The number of likely N-dealkylation sites (tertiary alicyclic amines) is 1. The fourth-order valence-electron chi connectivity index (χ4n) is 2.03. The molecule has 2 rings (SSSR count). The Hall–Kier alpha value is -0.850. The normalized spacial score (nSPS) is 29.6. The van der Waals surface area contributed by atoms with Gasteiger partial charge in [0.05, 0.1) is 12.6 Å². The number of rotatable bonds is 2. The summed E-state index contributed by atoms with van der Waals surface area (Å²) in [5.74, 6) is 5.40. The molecule has 0 aliphatic carbocycles. The van der Waals surface area contributed by atoms with Crippen LogP contribution in [0.25, 0.3) is 0 Å². The molecule has 86 valence electrons. The Bertz CT molecular complexity index is 241. The second-order valence-electron chi connectivity index (χ2n) is 4.19. The Morgan fingerprint density at radius 2 is 2.13 bits per heavy atom. The molecule has 0 aromatic heterocycles. The van der Waals surface area contributed by atoms with Crippen LogP contribution < -0.4 is 5.84 Å². The van der Waals surface area contributed by atoms with Crippen molar-refractivity contribution >= 4 is 6.09 Å². The van der Waals surface area contributed by atoms with Crippen LogP contribution in [0, 0.1) is 0 Å². The van der Waals surface area contributed by atoms with Gasteiger partial charge >= 0.3 is 6.09 Å². The number of aliphatic hydroxyl groups is 1. The molecule has 3 N–H and O–H groups in total. The van der Waals surface area contributed by atoms with E-state index in [-0.39, 0.29) is 12.2 Å². The van der Waals surface area contributed by atoms with Crippen LogP contribution in [0.2, 0.25) is 0 Å². The molecular formula is C9H17N3O3. The zero-order valence-corrected chi connectivity index (χ0v) is 8.63. The first-order valence-corrected chi connectivity index (χ1v) is 5.28. The van der Waals surface area contributed by atoms with E-state index in [0.29, 0.717) is 13.1 Å². The lowest BCUT2D eigenvalue weighted by atomic mass is 10.1. The zero-order valence-electron chi connectivity index (χ0n) is 8.63. The number of aliphatic hydroxyl groups excluding tert-OH is 1. The van der Waals surface area contributed by atoms with Gasteiger partial charge in [-0.25, -0.2) is 15.6 Å². The van der Waals surface area contributed by atoms with Crippen molar-refractivity contribution < 1.29 is 14.6 Å². The van der Waals surface area contributed by atoms with E-state index in [1.807, 2.05) is 0 Å². The molecule has 0 radical (unpaired) electrons. The molecule has 1 unspecified atom stereocenters. The van der Waals surface area contributed by atoms with Gasteiger partial charge in [0, 0.05) is 19.6 Å². The van der Waals surface area contributed by atoms with E-state index in [1.54, 1.807) is 0 Å². The largest absolute Gasteiger partial charge is 0.442 e. The van der Waals surface area contributed by atoms with Crippen LogP contribution in [-0.4, -0.2) is 59.5 Å². The van der Waals surface area contributed by atoms with E-state index in [2.05, 4.69) is 4.90 Å². The third kappa shape index (κ3) is 2.58.